The van der Waals surface area contributed by atoms with Gasteiger partial charge in [0.15, 0.2) is 0 Å². The average molecular weight is 194 g/mol. The number of nitrogens with zero attached hydrogens (tertiary/aromatic N) is 1. The number of benzene rings is 1. The summed E-state index contributed by atoms with van der Waals surface area (Å²) in [6, 6.07) is 5.46. The van der Waals surface area contributed by atoms with E-state index >= 15 is 0 Å². The van der Waals surface area contributed by atoms with Crippen molar-refractivity contribution in [1.82, 2.24) is 0 Å². The molecule has 1 aromatic carbocycles. The highest BCUT2D eigenvalue weighted by Crippen LogP contribution is 2.26. The van der Waals surface area contributed by atoms with E-state index in [0.717, 1.165) is 18.7 Å². The van der Waals surface area contributed by atoms with Crippen LogP contribution in [0.15, 0.2) is 23.4 Å². The van der Waals surface area contributed by atoms with Crippen LogP contribution in [0.5, 0.6) is 0 Å². The van der Waals surface area contributed by atoms with Crippen molar-refractivity contribution in [1.29, 1.82) is 0 Å². The van der Waals surface area contributed by atoms with Gasteiger partial charge in [0.2, 0.25) is 0 Å². The Bertz CT molecular complexity index is 313. The summed E-state index contributed by atoms with van der Waals surface area (Å²) in [6.07, 6.45) is 0.999. The molecule has 0 fully saturated rings. The Balaban J connectivity index is 0.000000293. The van der Waals surface area contributed by atoms with Crippen LogP contribution in [0, 0.1) is 4.91 Å². The van der Waals surface area contributed by atoms with Gasteiger partial charge in [0.05, 0.1) is 0 Å². The quantitative estimate of drug-likeness (QED) is 0.672. The van der Waals surface area contributed by atoms with Crippen molar-refractivity contribution in [3.05, 3.63) is 28.7 Å². The van der Waals surface area contributed by atoms with E-state index in [4.69, 9.17) is 5.11 Å². The number of aliphatic hydroxyl groups excluding tert-OH is 1. The number of hydrogen-bond donors (Lipinski definition) is 2. The minimum absolute atomic E-state index is 0.250. The van der Waals surface area contributed by atoms with Crippen molar-refractivity contribution in [2.45, 2.75) is 13.3 Å². The van der Waals surface area contributed by atoms with Crippen LogP contribution >= 0.6 is 0 Å². The van der Waals surface area contributed by atoms with Crippen molar-refractivity contribution in [3.8, 4) is 0 Å². The van der Waals surface area contributed by atoms with Crippen LogP contribution in [0.25, 0.3) is 0 Å². The lowest BCUT2D eigenvalue weighted by Crippen LogP contribution is -1.90. The first-order valence-corrected chi connectivity index (χ1v) is 4.62. The van der Waals surface area contributed by atoms with Gasteiger partial charge < -0.3 is 10.4 Å². The van der Waals surface area contributed by atoms with E-state index in [1.165, 1.54) is 5.56 Å². The number of fused-ring (bicyclic) bond motifs is 1. The molecule has 0 aliphatic carbocycles. The molecule has 1 aliphatic rings. The molecule has 2 N–H and O–H groups in total. The Hall–Kier alpha value is -1.42. The third-order valence-corrected chi connectivity index (χ3v) is 1.90. The van der Waals surface area contributed by atoms with Gasteiger partial charge in [0, 0.05) is 18.8 Å². The van der Waals surface area contributed by atoms with Gasteiger partial charge in [-0.25, -0.2) is 0 Å². The van der Waals surface area contributed by atoms with E-state index in [2.05, 4.69) is 10.5 Å². The normalized spacial score (nSPS) is 12.1. The maximum Gasteiger partial charge on any atom is 0.108 e. The molecule has 0 saturated carbocycles. The maximum absolute atomic E-state index is 10.1. The van der Waals surface area contributed by atoms with Gasteiger partial charge in [0.1, 0.15) is 5.69 Å². The molecule has 4 heteroatoms. The van der Waals surface area contributed by atoms with Crippen molar-refractivity contribution in [2.75, 3.05) is 18.5 Å². The molecule has 4 nitrogen and oxygen atoms in total. The molecule has 0 aromatic heterocycles. The number of anilines is 1. The average Bonchev–Trinajstić information content (AvgIpc) is 2.65. The van der Waals surface area contributed by atoms with E-state index in [1.807, 2.05) is 12.1 Å². The Labute approximate surface area is 82.9 Å². The lowest BCUT2D eigenvalue weighted by atomic mass is 10.1. The summed E-state index contributed by atoms with van der Waals surface area (Å²) in [5, 5.41) is 13.6. The molecule has 0 atom stereocenters. The molecule has 0 bridgehead atoms. The Morgan fingerprint density at radius 1 is 1.57 bits per heavy atom. The van der Waals surface area contributed by atoms with Crippen LogP contribution in [0.1, 0.15) is 12.5 Å². The molecule has 0 saturated heterocycles. The van der Waals surface area contributed by atoms with Gasteiger partial charge in [-0.05, 0) is 42.3 Å². The molecule has 0 unspecified atom stereocenters. The first-order chi connectivity index (χ1) is 6.81. The fraction of sp³-hybridized carbons (Fsp3) is 0.400. The summed E-state index contributed by atoms with van der Waals surface area (Å²) >= 11 is 0. The fourth-order valence-corrected chi connectivity index (χ4v) is 1.35. The van der Waals surface area contributed by atoms with E-state index < -0.39 is 0 Å². The first-order valence-electron chi connectivity index (χ1n) is 4.62. The van der Waals surface area contributed by atoms with Crippen LogP contribution in [0.2, 0.25) is 0 Å². The lowest BCUT2D eigenvalue weighted by molar-refractivity contribution is 0.318. The zero-order chi connectivity index (χ0) is 10.4. The molecule has 14 heavy (non-hydrogen) atoms. The van der Waals surface area contributed by atoms with Crippen molar-refractivity contribution >= 4 is 11.4 Å². The van der Waals surface area contributed by atoms with Crippen molar-refractivity contribution < 1.29 is 5.11 Å². The van der Waals surface area contributed by atoms with E-state index in [9.17, 15) is 4.91 Å². The third kappa shape index (κ3) is 2.53. The highest BCUT2D eigenvalue weighted by atomic mass is 16.3. The molecule has 1 heterocycles. The van der Waals surface area contributed by atoms with Gasteiger partial charge in [-0.3, -0.25) is 0 Å². The monoisotopic (exact) mass is 194 g/mol. The van der Waals surface area contributed by atoms with Crippen LogP contribution < -0.4 is 5.32 Å². The summed E-state index contributed by atoms with van der Waals surface area (Å²) < 4.78 is 0. The highest BCUT2D eigenvalue weighted by Gasteiger charge is 2.09. The van der Waals surface area contributed by atoms with Crippen molar-refractivity contribution in [3.63, 3.8) is 0 Å². The molecule has 0 radical (unpaired) electrons. The Kier molecular flexibility index (Phi) is 4.07. The Morgan fingerprint density at radius 2 is 2.29 bits per heavy atom. The second kappa shape index (κ2) is 5.34. The summed E-state index contributed by atoms with van der Waals surface area (Å²) in [5.41, 5.74) is 2.85. The Morgan fingerprint density at radius 3 is 2.93 bits per heavy atom. The zero-order valence-corrected chi connectivity index (χ0v) is 8.16. The van der Waals surface area contributed by atoms with Gasteiger partial charge in [-0.15, -0.1) is 4.91 Å². The van der Waals surface area contributed by atoms with Gasteiger partial charge >= 0.3 is 0 Å². The predicted octanol–water partition coefficient (Wildman–Crippen LogP) is 2.05. The molecular formula is C10H14N2O2. The molecule has 76 valence electrons. The highest BCUT2D eigenvalue weighted by molar-refractivity contribution is 5.60. The number of aliphatic hydroxyl groups is 1. The second-order valence-corrected chi connectivity index (χ2v) is 2.93. The number of nitroso groups, excluding NO2 is 1. The van der Waals surface area contributed by atoms with Crippen LogP contribution in [-0.4, -0.2) is 18.3 Å². The molecule has 0 spiro atoms. The minimum atomic E-state index is 0.250. The molecule has 0 amide bonds. The number of rotatable bonds is 1. The summed E-state index contributed by atoms with van der Waals surface area (Å²) in [5.74, 6) is 0. The van der Waals surface area contributed by atoms with E-state index in [0.29, 0.717) is 5.69 Å². The summed E-state index contributed by atoms with van der Waals surface area (Å²) in [7, 11) is 0. The topological polar surface area (TPSA) is 61.7 Å². The van der Waals surface area contributed by atoms with Crippen LogP contribution in [0.4, 0.5) is 11.4 Å². The first kappa shape index (κ1) is 10.7. The fourth-order valence-electron chi connectivity index (χ4n) is 1.35. The van der Waals surface area contributed by atoms with Gasteiger partial charge in [-0.2, -0.15) is 0 Å². The maximum atomic E-state index is 10.1. The third-order valence-electron chi connectivity index (χ3n) is 1.90. The smallest absolute Gasteiger partial charge is 0.108 e. The number of nitrogens with one attached hydrogen (secondary N) is 1. The number of hydrogen-bond acceptors (Lipinski definition) is 4. The summed E-state index contributed by atoms with van der Waals surface area (Å²) in [6.45, 7) is 2.90. The van der Waals surface area contributed by atoms with Gasteiger partial charge in [0.25, 0.3) is 0 Å². The molecular weight excluding hydrogens is 180 g/mol. The lowest BCUT2D eigenvalue weighted by Gasteiger charge is -1.97. The largest absolute Gasteiger partial charge is 0.397 e. The zero-order valence-electron chi connectivity index (χ0n) is 8.16. The SMILES string of the molecule is CCO.O=Nc1ccc2c(c1)CCN2. The minimum Gasteiger partial charge on any atom is -0.397 e. The predicted molar refractivity (Wildman–Crippen MR) is 56.9 cm³/mol. The summed E-state index contributed by atoms with van der Waals surface area (Å²) in [4.78, 5) is 10.1. The molecule has 2 rings (SSSR count). The molecule has 1 aliphatic heterocycles. The van der Waals surface area contributed by atoms with Crippen molar-refractivity contribution in [2.24, 2.45) is 5.18 Å². The second-order valence-electron chi connectivity index (χ2n) is 2.93. The van der Waals surface area contributed by atoms with Gasteiger partial charge in [-0.1, -0.05) is 0 Å². The van der Waals surface area contributed by atoms with E-state index in [-0.39, 0.29) is 6.61 Å². The van der Waals surface area contributed by atoms with E-state index in [1.54, 1.807) is 13.0 Å². The van der Waals surface area contributed by atoms with Crippen LogP contribution in [0.3, 0.4) is 0 Å². The van der Waals surface area contributed by atoms with Crippen LogP contribution in [-0.2, 0) is 6.42 Å². The standard InChI is InChI=1S/C8H8N2O.C2H6O/c11-10-7-1-2-8-6(5-7)3-4-9-8;1-2-3/h1-2,5,9H,3-4H2;3H,2H2,1H3. The molecule has 1 aromatic rings.